The van der Waals surface area contributed by atoms with E-state index >= 15 is 0 Å². The number of anilines is 2. The van der Waals surface area contributed by atoms with Crippen molar-refractivity contribution in [2.75, 3.05) is 56.6 Å². The Balaban J connectivity index is 1.38. The molecule has 1 amide bonds. The van der Waals surface area contributed by atoms with Gasteiger partial charge in [-0.3, -0.25) is 4.79 Å². The lowest BCUT2D eigenvalue weighted by Gasteiger charge is -2.41. The normalized spacial score (nSPS) is 21.7. The minimum Gasteiger partial charge on any atom is -0.458 e. The lowest BCUT2D eigenvalue weighted by molar-refractivity contribution is -0.131. The van der Waals surface area contributed by atoms with Crippen LogP contribution in [-0.2, 0) is 17.8 Å². The molecule has 6 rings (SSSR count). The van der Waals surface area contributed by atoms with Crippen LogP contribution in [-0.4, -0.2) is 90.7 Å². The fourth-order valence-corrected chi connectivity index (χ4v) is 7.41. The third-order valence-electron chi connectivity index (χ3n) is 9.44. The van der Waals surface area contributed by atoms with Crippen LogP contribution in [0.4, 0.5) is 20.3 Å². The zero-order chi connectivity index (χ0) is 32.5. The van der Waals surface area contributed by atoms with Gasteiger partial charge in [-0.25, -0.2) is 15.4 Å². The third kappa shape index (κ3) is 6.20. The van der Waals surface area contributed by atoms with E-state index in [1.165, 1.54) is 11.0 Å². The van der Waals surface area contributed by atoms with E-state index in [9.17, 15) is 13.6 Å². The number of carbonyl (C=O) groups is 1. The second-order valence-electron chi connectivity index (χ2n) is 12.5. The summed E-state index contributed by atoms with van der Waals surface area (Å²) < 4.78 is 35.1. The first-order valence-corrected chi connectivity index (χ1v) is 16.1. The van der Waals surface area contributed by atoms with Gasteiger partial charge in [0.15, 0.2) is 5.83 Å². The maximum absolute atomic E-state index is 14.6. The molecule has 3 heterocycles. The SMILES string of the molecule is [C-]#[N+]C[C@H]1CN(c2nc(O[C@@H]3CCCC[C@H]3N(C)C)nc3c2CCN(c2cccc4ccc(F)c(Cl)c24)C3)CCN1C(=O)C(=C)F. The van der Waals surface area contributed by atoms with Crippen molar-refractivity contribution in [3.63, 3.8) is 0 Å². The fraction of sp³-hybridized carbons (Fsp3) is 0.471. The average molecular weight is 650 g/mol. The smallest absolute Gasteiger partial charge is 0.319 e. The lowest BCUT2D eigenvalue weighted by atomic mass is 9.92. The van der Waals surface area contributed by atoms with E-state index in [0.717, 1.165) is 48.0 Å². The molecule has 1 aliphatic carbocycles. The van der Waals surface area contributed by atoms with Crippen LogP contribution in [0.1, 0.15) is 36.9 Å². The van der Waals surface area contributed by atoms with Crippen molar-refractivity contribution >= 4 is 39.8 Å². The van der Waals surface area contributed by atoms with Crippen LogP contribution in [0.3, 0.4) is 0 Å². The molecule has 2 aliphatic heterocycles. The number of benzene rings is 2. The Morgan fingerprint density at radius 3 is 2.72 bits per heavy atom. The molecule has 3 aliphatic rings. The van der Waals surface area contributed by atoms with Crippen molar-refractivity contribution in [2.45, 2.75) is 56.8 Å². The Hall–Kier alpha value is -4.01. The molecule has 0 spiro atoms. The van der Waals surface area contributed by atoms with Gasteiger partial charge in [-0.1, -0.05) is 42.8 Å². The number of amides is 1. The van der Waals surface area contributed by atoms with E-state index in [4.69, 9.17) is 32.9 Å². The number of likely N-dealkylation sites (N-methyl/N-ethyl adjacent to an activating group) is 1. The number of ether oxygens (including phenoxy) is 1. The number of rotatable bonds is 7. The fourth-order valence-electron chi connectivity index (χ4n) is 7.14. The molecule has 0 bridgehead atoms. The van der Waals surface area contributed by atoms with E-state index < -0.39 is 23.6 Å². The number of carbonyl (C=O) groups excluding carboxylic acids is 1. The summed E-state index contributed by atoms with van der Waals surface area (Å²) in [4.78, 5) is 33.9. The molecule has 0 unspecified atom stereocenters. The zero-order valence-electron chi connectivity index (χ0n) is 26.2. The van der Waals surface area contributed by atoms with Gasteiger partial charge in [0.25, 0.3) is 5.91 Å². The molecule has 0 N–H and O–H groups in total. The van der Waals surface area contributed by atoms with Crippen molar-refractivity contribution < 1.29 is 18.3 Å². The van der Waals surface area contributed by atoms with Gasteiger partial charge in [0.1, 0.15) is 23.8 Å². The van der Waals surface area contributed by atoms with Crippen LogP contribution < -0.4 is 14.5 Å². The van der Waals surface area contributed by atoms with Crippen molar-refractivity contribution in [1.29, 1.82) is 0 Å². The summed E-state index contributed by atoms with van der Waals surface area (Å²) in [6.07, 6.45) is 4.65. The van der Waals surface area contributed by atoms with E-state index in [-0.39, 0.29) is 36.3 Å². The van der Waals surface area contributed by atoms with Gasteiger partial charge in [-0.2, -0.15) is 9.97 Å². The Kier molecular flexibility index (Phi) is 9.29. The highest BCUT2D eigenvalue weighted by Crippen LogP contribution is 2.38. The first kappa shape index (κ1) is 32.0. The number of aromatic nitrogens is 2. The average Bonchev–Trinajstić information content (AvgIpc) is 3.05. The molecule has 3 aromatic rings. The summed E-state index contributed by atoms with van der Waals surface area (Å²) in [7, 11) is 4.12. The Morgan fingerprint density at radius 2 is 1.96 bits per heavy atom. The van der Waals surface area contributed by atoms with Gasteiger partial charge >= 0.3 is 6.01 Å². The highest BCUT2D eigenvalue weighted by atomic mass is 35.5. The predicted octanol–water partition coefficient (Wildman–Crippen LogP) is 5.66. The Bertz CT molecular complexity index is 1700. The number of fused-ring (bicyclic) bond motifs is 2. The van der Waals surface area contributed by atoms with Gasteiger partial charge in [-0.05, 0) is 57.3 Å². The van der Waals surface area contributed by atoms with Crippen LogP contribution in [0.25, 0.3) is 15.6 Å². The van der Waals surface area contributed by atoms with Crippen LogP contribution in [0, 0.1) is 12.4 Å². The second-order valence-corrected chi connectivity index (χ2v) is 12.9. The number of nitrogens with zero attached hydrogens (tertiary/aromatic N) is 7. The van der Waals surface area contributed by atoms with Crippen molar-refractivity contribution in [1.82, 2.24) is 19.8 Å². The largest absolute Gasteiger partial charge is 0.458 e. The molecule has 3 atom stereocenters. The van der Waals surface area contributed by atoms with Crippen molar-refractivity contribution in [3.8, 4) is 6.01 Å². The lowest BCUT2D eigenvalue weighted by Crippen LogP contribution is -2.57. The molecule has 1 saturated carbocycles. The van der Waals surface area contributed by atoms with Crippen LogP contribution in [0.2, 0.25) is 5.02 Å². The van der Waals surface area contributed by atoms with Crippen molar-refractivity contribution in [2.24, 2.45) is 0 Å². The van der Waals surface area contributed by atoms with E-state index in [0.29, 0.717) is 43.8 Å². The number of hydrogen-bond donors (Lipinski definition) is 0. The molecule has 242 valence electrons. The zero-order valence-corrected chi connectivity index (χ0v) is 26.9. The van der Waals surface area contributed by atoms with Crippen LogP contribution in [0.5, 0.6) is 6.01 Å². The van der Waals surface area contributed by atoms with Gasteiger partial charge in [0, 0.05) is 48.9 Å². The molecular formula is C34H38ClF2N7O2. The van der Waals surface area contributed by atoms with Crippen LogP contribution in [0.15, 0.2) is 42.7 Å². The molecule has 1 saturated heterocycles. The molecule has 12 heteroatoms. The van der Waals surface area contributed by atoms with Gasteiger partial charge in [0.2, 0.25) is 6.54 Å². The topological polar surface area (TPSA) is 69.4 Å². The maximum Gasteiger partial charge on any atom is 0.319 e. The Morgan fingerprint density at radius 1 is 1.15 bits per heavy atom. The van der Waals surface area contributed by atoms with E-state index in [1.54, 1.807) is 6.07 Å². The molecule has 0 radical (unpaired) electrons. The molecule has 2 fully saturated rings. The number of hydrogen-bond acceptors (Lipinski definition) is 7. The molecule has 1 aromatic heterocycles. The minimum atomic E-state index is -1.03. The van der Waals surface area contributed by atoms with Crippen LogP contribution >= 0.6 is 11.6 Å². The minimum absolute atomic E-state index is 0.0327. The summed E-state index contributed by atoms with van der Waals surface area (Å²) in [5.74, 6) is -1.57. The molecule has 46 heavy (non-hydrogen) atoms. The number of piperazine rings is 1. The summed E-state index contributed by atoms with van der Waals surface area (Å²) in [5.41, 5.74) is 2.58. The summed E-state index contributed by atoms with van der Waals surface area (Å²) in [6.45, 7) is 12.7. The highest BCUT2D eigenvalue weighted by Gasteiger charge is 2.37. The van der Waals surface area contributed by atoms with Gasteiger partial charge < -0.3 is 29.2 Å². The van der Waals surface area contributed by atoms with Crippen molar-refractivity contribution in [3.05, 3.63) is 76.3 Å². The van der Waals surface area contributed by atoms with E-state index in [1.807, 2.05) is 18.2 Å². The molecule has 9 nitrogen and oxygen atoms in total. The second kappa shape index (κ2) is 13.4. The van der Waals surface area contributed by atoms with Gasteiger partial charge in [-0.15, -0.1) is 0 Å². The first-order chi connectivity index (χ1) is 22.2. The quantitative estimate of drug-likeness (QED) is 0.242. The highest BCUT2D eigenvalue weighted by molar-refractivity contribution is 6.36. The van der Waals surface area contributed by atoms with Gasteiger partial charge in [0.05, 0.1) is 17.3 Å². The molecule has 2 aromatic carbocycles. The monoisotopic (exact) mass is 649 g/mol. The predicted molar refractivity (Wildman–Crippen MR) is 175 cm³/mol. The summed E-state index contributed by atoms with van der Waals surface area (Å²) in [5, 5.41) is 1.60. The first-order valence-electron chi connectivity index (χ1n) is 15.7. The summed E-state index contributed by atoms with van der Waals surface area (Å²) >= 11 is 6.51. The standard InChI is InChI=1S/C34H38ClF2N7O2/c1-21(36)33(45)44-17-16-43(19-23(44)18-38-2)32-24-14-15-42(28-10-7-8-22-12-13-25(37)31(35)30(22)28)20-26(24)39-34(40-32)46-29-11-6-5-9-27(29)41(3)4/h7-8,10,12-13,23,27,29H,1,5-6,9,11,14-20H2,3-4H3/t23-,27+,29+/m0/s1. The third-order valence-corrected chi connectivity index (χ3v) is 9.81. The Labute approximate surface area is 273 Å². The number of halogens is 3. The summed E-state index contributed by atoms with van der Waals surface area (Å²) in [6, 6.07) is 8.92. The molecular weight excluding hydrogens is 612 g/mol. The van der Waals surface area contributed by atoms with E-state index in [2.05, 4.69) is 40.2 Å². The maximum atomic E-state index is 14.6.